The number of fused-ring (bicyclic) bond motifs is 2. The highest BCUT2D eigenvalue weighted by Crippen LogP contribution is 2.56. The van der Waals surface area contributed by atoms with Crippen LogP contribution in [0.25, 0.3) is 0 Å². The summed E-state index contributed by atoms with van der Waals surface area (Å²) in [6.07, 6.45) is 2.12. The molecule has 2 aliphatic carbocycles. The Kier molecular flexibility index (Phi) is 2.74. The van der Waals surface area contributed by atoms with Gasteiger partial charge in [-0.05, 0) is 31.4 Å². The summed E-state index contributed by atoms with van der Waals surface area (Å²) in [7, 11) is 1.29. The van der Waals surface area contributed by atoms with E-state index < -0.39 is 29.3 Å². The van der Waals surface area contributed by atoms with Crippen LogP contribution in [0.15, 0.2) is 22.8 Å². The molecular formula is C14H16O5. The number of aliphatic hydroxyl groups is 1. The van der Waals surface area contributed by atoms with E-state index in [2.05, 4.69) is 0 Å². The van der Waals surface area contributed by atoms with Gasteiger partial charge in [-0.2, -0.15) is 0 Å². The van der Waals surface area contributed by atoms with Crippen molar-refractivity contribution in [2.45, 2.75) is 31.3 Å². The Bertz CT molecular complexity index is 506. The van der Waals surface area contributed by atoms with Crippen molar-refractivity contribution in [3.05, 3.63) is 24.2 Å². The summed E-state index contributed by atoms with van der Waals surface area (Å²) in [5.74, 6) is -1.01. The maximum Gasteiger partial charge on any atom is 0.320 e. The number of ketones is 1. The molecular weight excluding hydrogens is 248 g/mol. The monoisotopic (exact) mass is 264 g/mol. The van der Waals surface area contributed by atoms with Gasteiger partial charge in [-0.15, -0.1) is 0 Å². The zero-order chi connectivity index (χ0) is 13.6. The van der Waals surface area contributed by atoms with Crippen molar-refractivity contribution in [1.82, 2.24) is 0 Å². The maximum atomic E-state index is 12.5. The minimum Gasteiger partial charge on any atom is -0.469 e. The number of hydrogen-bond acceptors (Lipinski definition) is 5. The van der Waals surface area contributed by atoms with Crippen molar-refractivity contribution in [3.8, 4) is 0 Å². The Morgan fingerprint density at radius 1 is 1.58 bits per heavy atom. The van der Waals surface area contributed by atoms with Gasteiger partial charge >= 0.3 is 5.97 Å². The fourth-order valence-corrected chi connectivity index (χ4v) is 3.66. The van der Waals surface area contributed by atoms with E-state index in [1.54, 1.807) is 12.1 Å². The fourth-order valence-electron chi connectivity index (χ4n) is 3.66. The Labute approximate surface area is 110 Å². The molecule has 4 atom stereocenters. The fraction of sp³-hybridized carbons (Fsp3) is 0.571. The third-order valence-corrected chi connectivity index (χ3v) is 4.60. The highest BCUT2D eigenvalue weighted by atomic mass is 16.5. The van der Waals surface area contributed by atoms with E-state index in [-0.39, 0.29) is 5.78 Å². The number of carbonyl (C=O) groups is 2. The van der Waals surface area contributed by atoms with E-state index in [9.17, 15) is 14.7 Å². The number of furan rings is 1. The lowest BCUT2D eigenvalue weighted by Gasteiger charge is -2.38. The zero-order valence-electron chi connectivity index (χ0n) is 10.7. The van der Waals surface area contributed by atoms with Gasteiger partial charge in [0.2, 0.25) is 0 Å². The highest BCUT2D eigenvalue weighted by molar-refractivity contribution is 6.08. The maximum absolute atomic E-state index is 12.5. The molecule has 102 valence electrons. The Hall–Kier alpha value is -1.62. The molecule has 0 amide bonds. The van der Waals surface area contributed by atoms with E-state index in [0.29, 0.717) is 25.0 Å². The summed E-state index contributed by atoms with van der Waals surface area (Å²) in [6.45, 7) is 0. The normalized spacial score (nSPS) is 37.4. The molecule has 0 aliphatic heterocycles. The predicted octanol–water partition coefficient (Wildman–Crippen LogP) is 1.27. The standard InChI is InChI=1S/C14H16O5/c1-18-13(17)14-5-4-8(12(14)16)10(15)7-9(14)11-3-2-6-19-11/h2-3,6,8-10,15H,4-5,7H2,1H3/t8-,9+,10-,14+/m1/s1. The van der Waals surface area contributed by atoms with Crippen LogP contribution in [-0.4, -0.2) is 30.1 Å². The number of esters is 1. The van der Waals surface area contributed by atoms with E-state index >= 15 is 0 Å². The number of rotatable bonds is 2. The predicted molar refractivity (Wildman–Crippen MR) is 64.3 cm³/mol. The van der Waals surface area contributed by atoms with Gasteiger partial charge in [-0.1, -0.05) is 0 Å². The number of ether oxygens (including phenoxy) is 1. The van der Waals surface area contributed by atoms with E-state index in [1.807, 2.05) is 0 Å². The summed E-state index contributed by atoms with van der Waals surface area (Å²) in [6, 6.07) is 3.46. The van der Waals surface area contributed by atoms with Gasteiger partial charge in [0.25, 0.3) is 0 Å². The van der Waals surface area contributed by atoms with E-state index in [1.165, 1.54) is 13.4 Å². The molecule has 0 aromatic carbocycles. The van der Waals surface area contributed by atoms with Gasteiger partial charge in [0, 0.05) is 11.8 Å². The first kappa shape index (κ1) is 12.4. The summed E-state index contributed by atoms with van der Waals surface area (Å²) in [5.41, 5.74) is -1.17. The van der Waals surface area contributed by atoms with Crippen LogP contribution in [0.1, 0.15) is 30.9 Å². The molecule has 5 nitrogen and oxygen atoms in total. The average Bonchev–Trinajstić information content (AvgIpc) is 3.00. The number of carbonyl (C=O) groups excluding carboxylic acids is 2. The number of Topliss-reactive ketones (excluding diaryl/α,β-unsaturated/α-hetero) is 1. The zero-order valence-corrected chi connectivity index (χ0v) is 10.7. The van der Waals surface area contributed by atoms with Crippen LogP contribution in [0.2, 0.25) is 0 Å². The quantitative estimate of drug-likeness (QED) is 0.643. The molecule has 1 heterocycles. The molecule has 0 radical (unpaired) electrons. The SMILES string of the molecule is COC(=O)[C@]12CC[C@@H](C1=O)[C@H](O)C[C@H]2c1ccco1. The molecule has 3 rings (SSSR count). The molecule has 1 N–H and O–H groups in total. The van der Waals surface area contributed by atoms with E-state index in [0.717, 1.165) is 0 Å². The smallest absolute Gasteiger partial charge is 0.320 e. The molecule has 2 saturated carbocycles. The first-order chi connectivity index (χ1) is 9.11. The topological polar surface area (TPSA) is 76.7 Å². The summed E-state index contributed by atoms with van der Waals surface area (Å²) >= 11 is 0. The van der Waals surface area contributed by atoms with Crippen molar-refractivity contribution in [2.24, 2.45) is 11.3 Å². The third kappa shape index (κ3) is 1.51. The van der Waals surface area contributed by atoms with Crippen molar-refractivity contribution in [2.75, 3.05) is 7.11 Å². The molecule has 19 heavy (non-hydrogen) atoms. The highest BCUT2D eigenvalue weighted by Gasteiger charge is 2.64. The minimum absolute atomic E-state index is 0.195. The summed E-state index contributed by atoms with van der Waals surface area (Å²) in [4.78, 5) is 24.7. The molecule has 0 unspecified atom stereocenters. The first-order valence-electron chi connectivity index (χ1n) is 6.45. The second-order valence-electron chi connectivity index (χ2n) is 5.34. The van der Waals surface area contributed by atoms with Gasteiger partial charge < -0.3 is 14.3 Å². The van der Waals surface area contributed by atoms with Gasteiger partial charge in [-0.3, -0.25) is 9.59 Å². The van der Waals surface area contributed by atoms with Crippen molar-refractivity contribution in [1.29, 1.82) is 0 Å². The molecule has 0 spiro atoms. The van der Waals surface area contributed by atoms with E-state index in [4.69, 9.17) is 9.15 Å². The largest absolute Gasteiger partial charge is 0.469 e. The molecule has 1 aromatic rings. The van der Waals surface area contributed by atoms with Gasteiger partial charge in [0.15, 0.2) is 5.78 Å². The van der Waals surface area contributed by atoms with Crippen LogP contribution >= 0.6 is 0 Å². The van der Waals surface area contributed by atoms with Gasteiger partial charge in [-0.25, -0.2) is 0 Å². The molecule has 1 aromatic heterocycles. The molecule has 2 aliphatic rings. The van der Waals surface area contributed by atoms with Gasteiger partial charge in [0.05, 0.1) is 19.5 Å². The Morgan fingerprint density at radius 3 is 3.00 bits per heavy atom. The molecule has 5 heteroatoms. The van der Waals surface area contributed by atoms with Crippen LogP contribution < -0.4 is 0 Å². The van der Waals surface area contributed by atoms with Crippen LogP contribution in [-0.2, 0) is 14.3 Å². The molecule has 2 fully saturated rings. The Balaban J connectivity index is 2.10. The molecule has 2 bridgehead atoms. The van der Waals surface area contributed by atoms with Crippen LogP contribution in [0.3, 0.4) is 0 Å². The summed E-state index contributed by atoms with van der Waals surface area (Å²) in [5, 5.41) is 10.1. The number of aliphatic hydroxyl groups excluding tert-OH is 1. The number of methoxy groups -OCH3 is 1. The Morgan fingerprint density at radius 2 is 2.37 bits per heavy atom. The van der Waals surface area contributed by atoms with Crippen LogP contribution in [0, 0.1) is 11.3 Å². The lowest BCUT2D eigenvalue weighted by Crippen LogP contribution is -2.49. The minimum atomic E-state index is -1.17. The van der Waals surface area contributed by atoms with Crippen molar-refractivity contribution >= 4 is 11.8 Å². The average molecular weight is 264 g/mol. The summed E-state index contributed by atoms with van der Waals surface area (Å²) < 4.78 is 10.2. The lowest BCUT2D eigenvalue weighted by molar-refractivity contribution is -0.163. The van der Waals surface area contributed by atoms with Crippen LogP contribution in [0.4, 0.5) is 0 Å². The second kappa shape index (κ2) is 4.20. The third-order valence-electron chi connectivity index (χ3n) is 4.60. The van der Waals surface area contributed by atoms with Crippen molar-refractivity contribution in [3.63, 3.8) is 0 Å². The van der Waals surface area contributed by atoms with Gasteiger partial charge in [0.1, 0.15) is 11.2 Å². The second-order valence-corrected chi connectivity index (χ2v) is 5.34. The molecule has 0 saturated heterocycles. The number of hydrogen-bond donors (Lipinski definition) is 1. The first-order valence-corrected chi connectivity index (χ1v) is 6.45. The van der Waals surface area contributed by atoms with Crippen molar-refractivity contribution < 1.29 is 23.8 Å². The van der Waals surface area contributed by atoms with Crippen LogP contribution in [0.5, 0.6) is 0 Å². The lowest BCUT2D eigenvalue weighted by atomic mass is 9.64.